The van der Waals surface area contributed by atoms with Gasteiger partial charge in [0.15, 0.2) is 0 Å². The van der Waals surface area contributed by atoms with Crippen LogP contribution in [-0.2, 0) is 16.2 Å². The predicted molar refractivity (Wildman–Crippen MR) is 93.9 cm³/mol. The molecule has 0 spiro atoms. The van der Waals surface area contributed by atoms with Gasteiger partial charge in [0.1, 0.15) is 11.5 Å². The van der Waals surface area contributed by atoms with Crippen LogP contribution in [0.4, 0.5) is 0 Å². The number of para-hydroxylation sites is 1. The highest BCUT2D eigenvalue weighted by molar-refractivity contribution is 6.05. The van der Waals surface area contributed by atoms with Crippen molar-refractivity contribution < 1.29 is 19.1 Å². The zero-order valence-electron chi connectivity index (χ0n) is 14.2. The number of benzene rings is 2. The van der Waals surface area contributed by atoms with Gasteiger partial charge in [-0.1, -0.05) is 29.4 Å². The average Bonchev–Trinajstić information content (AvgIpc) is 3.16. The highest BCUT2D eigenvalue weighted by Crippen LogP contribution is 2.24. The van der Waals surface area contributed by atoms with Gasteiger partial charge in [0, 0.05) is 18.5 Å². The molecule has 0 aromatic heterocycles. The van der Waals surface area contributed by atoms with Crippen LogP contribution in [0.2, 0.25) is 0 Å². The van der Waals surface area contributed by atoms with Crippen molar-refractivity contribution in [1.82, 2.24) is 5.32 Å². The topological polar surface area (TPSA) is 69.2 Å². The standard InChI is InChI=1S/C19H20N2O4/c1-23-14-9-7-13(8-10-14)12-20-19(22)18-11-16(21-25-18)15-5-3-4-6-17(15)24-2/h3-10,18H,11-12H2,1-2H3,(H,20,22)/t18-/m1/s1. The number of oxime groups is 1. The second-order valence-electron chi connectivity index (χ2n) is 5.60. The first-order chi connectivity index (χ1) is 12.2. The maximum atomic E-state index is 12.3. The van der Waals surface area contributed by atoms with Crippen LogP contribution in [0, 0.1) is 0 Å². The molecule has 6 nitrogen and oxygen atoms in total. The fourth-order valence-electron chi connectivity index (χ4n) is 2.61. The largest absolute Gasteiger partial charge is 0.497 e. The van der Waals surface area contributed by atoms with Crippen molar-refractivity contribution in [2.24, 2.45) is 5.16 Å². The van der Waals surface area contributed by atoms with E-state index in [1.54, 1.807) is 14.2 Å². The van der Waals surface area contributed by atoms with E-state index in [0.717, 1.165) is 16.9 Å². The summed E-state index contributed by atoms with van der Waals surface area (Å²) < 4.78 is 10.4. The number of nitrogens with zero attached hydrogens (tertiary/aromatic N) is 1. The lowest BCUT2D eigenvalue weighted by Crippen LogP contribution is -2.34. The van der Waals surface area contributed by atoms with Gasteiger partial charge >= 0.3 is 0 Å². The Morgan fingerprint density at radius 1 is 1.16 bits per heavy atom. The average molecular weight is 340 g/mol. The van der Waals surface area contributed by atoms with E-state index in [-0.39, 0.29) is 5.91 Å². The molecule has 1 amide bonds. The Labute approximate surface area is 146 Å². The summed E-state index contributed by atoms with van der Waals surface area (Å²) in [4.78, 5) is 17.6. The smallest absolute Gasteiger partial charge is 0.264 e. The number of rotatable bonds is 6. The van der Waals surface area contributed by atoms with Crippen molar-refractivity contribution >= 4 is 11.6 Å². The van der Waals surface area contributed by atoms with Crippen molar-refractivity contribution in [2.75, 3.05) is 14.2 Å². The summed E-state index contributed by atoms with van der Waals surface area (Å²) >= 11 is 0. The van der Waals surface area contributed by atoms with Gasteiger partial charge in [-0.25, -0.2) is 0 Å². The lowest BCUT2D eigenvalue weighted by atomic mass is 10.0. The van der Waals surface area contributed by atoms with Crippen LogP contribution in [0.25, 0.3) is 0 Å². The van der Waals surface area contributed by atoms with Crippen LogP contribution in [0.5, 0.6) is 11.5 Å². The molecule has 6 heteroatoms. The molecule has 0 fully saturated rings. The number of ether oxygens (including phenoxy) is 2. The van der Waals surface area contributed by atoms with E-state index in [4.69, 9.17) is 14.3 Å². The lowest BCUT2D eigenvalue weighted by Gasteiger charge is -2.10. The van der Waals surface area contributed by atoms with Gasteiger partial charge in [0.2, 0.25) is 6.10 Å². The second kappa shape index (κ2) is 7.70. The summed E-state index contributed by atoms with van der Waals surface area (Å²) in [5.41, 5.74) is 2.54. The Kier molecular flexibility index (Phi) is 5.18. The van der Waals surface area contributed by atoms with Gasteiger partial charge in [0.25, 0.3) is 5.91 Å². The summed E-state index contributed by atoms with van der Waals surface area (Å²) in [6.07, 6.45) is -0.215. The van der Waals surface area contributed by atoms with E-state index >= 15 is 0 Å². The first-order valence-electron chi connectivity index (χ1n) is 7.98. The normalized spacial score (nSPS) is 15.9. The lowest BCUT2D eigenvalue weighted by molar-refractivity contribution is -0.131. The highest BCUT2D eigenvalue weighted by Gasteiger charge is 2.29. The van der Waals surface area contributed by atoms with Gasteiger partial charge in [-0.15, -0.1) is 0 Å². The van der Waals surface area contributed by atoms with Crippen LogP contribution < -0.4 is 14.8 Å². The molecule has 1 heterocycles. The number of carbonyl (C=O) groups is 1. The van der Waals surface area contributed by atoms with Crippen LogP contribution in [0.15, 0.2) is 53.7 Å². The monoisotopic (exact) mass is 340 g/mol. The van der Waals surface area contributed by atoms with E-state index in [2.05, 4.69) is 10.5 Å². The maximum absolute atomic E-state index is 12.3. The number of nitrogens with one attached hydrogen (secondary N) is 1. The maximum Gasteiger partial charge on any atom is 0.264 e. The van der Waals surface area contributed by atoms with Gasteiger partial charge < -0.3 is 19.6 Å². The Bertz CT molecular complexity index is 771. The van der Waals surface area contributed by atoms with E-state index in [0.29, 0.717) is 24.4 Å². The first kappa shape index (κ1) is 16.8. The number of hydrogen-bond donors (Lipinski definition) is 1. The second-order valence-corrected chi connectivity index (χ2v) is 5.60. The SMILES string of the molecule is COc1ccc(CNC(=O)[C@H]2CC(c3ccccc3OC)=NO2)cc1. The molecule has 0 saturated heterocycles. The fourth-order valence-corrected chi connectivity index (χ4v) is 2.61. The zero-order chi connectivity index (χ0) is 17.6. The highest BCUT2D eigenvalue weighted by atomic mass is 16.6. The molecular weight excluding hydrogens is 320 g/mol. The summed E-state index contributed by atoms with van der Waals surface area (Å²) in [7, 11) is 3.22. The molecule has 25 heavy (non-hydrogen) atoms. The molecule has 0 saturated carbocycles. The van der Waals surface area contributed by atoms with Crippen LogP contribution in [0.3, 0.4) is 0 Å². The number of carbonyl (C=O) groups excluding carboxylic acids is 1. The van der Waals surface area contributed by atoms with Gasteiger partial charge in [0.05, 0.1) is 19.9 Å². The summed E-state index contributed by atoms with van der Waals surface area (Å²) in [5, 5.41) is 6.92. The van der Waals surface area contributed by atoms with Crippen molar-refractivity contribution in [3.8, 4) is 11.5 Å². The molecule has 0 unspecified atom stereocenters. The van der Waals surface area contributed by atoms with Crippen LogP contribution in [-0.4, -0.2) is 31.9 Å². The molecule has 0 aliphatic carbocycles. The molecule has 0 bridgehead atoms. The zero-order valence-corrected chi connectivity index (χ0v) is 14.2. The van der Waals surface area contributed by atoms with Crippen molar-refractivity contribution in [1.29, 1.82) is 0 Å². The Balaban J connectivity index is 1.56. The van der Waals surface area contributed by atoms with Crippen molar-refractivity contribution in [3.05, 3.63) is 59.7 Å². The number of methoxy groups -OCH3 is 2. The van der Waals surface area contributed by atoms with Gasteiger partial charge in [-0.2, -0.15) is 0 Å². The third-order valence-corrected chi connectivity index (χ3v) is 4.00. The minimum absolute atomic E-state index is 0.190. The van der Waals surface area contributed by atoms with Crippen molar-refractivity contribution in [2.45, 2.75) is 19.1 Å². The number of hydrogen-bond acceptors (Lipinski definition) is 5. The molecule has 2 aromatic carbocycles. The molecule has 1 atom stereocenters. The predicted octanol–water partition coefficient (Wildman–Crippen LogP) is 2.51. The third kappa shape index (κ3) is 3.91. The molecule has 1 aliphatic heterocycles. The Morgan fingerprint density at radius 2 is 1.92 bits per heavy atom. The molecule has 3 rings (SSSR count). The molecular formula is C19H20N2O4. The van der Waals surface area contributed by atoms with E-state index in [1.807, 2.05) is 48.5 Å². The minimum atomic E-state index is -0.627. The molecule has 1 aliphatic rings. The summed E-state index contributed by atoms with van der Waals surface area (Å²) in [5.74, 6) is 1.30. The molecule has 130 valence electrons. The molecule has 0 radical (unpaired) electrons. The van der Waals surface area contributed by atoms with Gasteiger partial charge in [-0.05, 0) is 29.8 Å². The Morgan fingerprint density at radius 3 is 2.64 bits per heavy atom. The molecule has 1 N–H and O–H groups in total. The van der Waals surface area contributed by atoms with Gasteiger partial charge in [-0.3, -0.25) is 4.79 Å². The number of amides is 1. The summed E-state index contributed by atoms with van der Waals surface area (Å²) in [6.45, 7) is 0.423. The van der Waals surface area contributed by atoms with E-state index < -0.39 is 6.10 Å². The quantitative estimate of drug-likeness (QED) is 0.877. The Hall–Kier alpha value is -3.02. The summed E-state index contributed by atoms with van der Waals surface area (Å²) in [6, 6.07) is 15.1. The van der Waals surface area contributed by atoms with E-state index in [1.165, 1.54) is 0 Å². The third-order valence-electron chi connectivity index (χ3n) is 4.00. The van der Waals surface area contributed by atoms with Crippen LogP contribution in [0.1, 0.15) is 17.5 Å². The first-order valence-corrected chi connectivity index (χ1v) is 7.98. The van der Waals surface area contributed by atoms with Crippen LogP contribution >= 0.6 is 0 Å². The van der Waals surface area contributed by atoms with E-state index in [9.17, 15) is 4.79 Å². The fraction of sp³-hybridized carbons (Fsp3) is 0.263. The van der Waals surface area contributed by atoms with Crippen molar-refractivity contribution in [3.63, 3.8) is 0 Å². The molecule has 2 aromatic rings. The minimum Gasteiger partial charge on any atom is -0.497 e.